The van der Waals surface area contributed by atoms with Gasteiger partial charge in [-0.15, -0.1) is 0 Å². The van der Waals surface area contributed by atoms with Crippen molar-refractivity contribution in [2.45, 2.75) is 11.3 Å². The van der Waals surface area contributed by atoms with Gasteiger partial charge in [0, 0.05) is 12.2 Å². The fourth-order valence-electron chi connectivity index (χ4n) is 1.50. The molecule has 2 amide bonds. The van der Waals surface area contributed by atoms with Gasteiger partial charge in [0.15, 0.2) is 0 Å². The molecular formula is C12H20N4O3S. The maximum absolute atomic E-state index is 11.6. The first-order chi connectivity index (χ1) is 9.29. The minimum Gasteiger partial charge on any atom is -0.338 e. The van der Waals surface area contributed by atoms with E-state index in [0.29, 0.717) is 12.2 Å². The van der Waals surface area contributed by atoms with Crippen molar-refractivity contribution in [3.05, 3.63) is 24.3 Å². The Balaban J connectivity index is 2.43. The molecule has 0 unspecified atom stereocenters. The van der Waals surface area contributed by atoms with E-state index in [4.69, 9.17) is 5.14 Å². The first-order valence-corrected chi connectivity index (χ1v) is 7.66. The second kappa shape index (κ2) is 7.22. The molecule has 0 atom stereocenters. The van der Waals surface area contributed by atoms with E-state index in [9.17, 15) is 13.2 Å². The van der Waals surface area contributed by atoms with Crippen molar-refractivity contribution in [2.24, 2.45) is 5.14 Å². The second-order valence-electron chi connectivity index (χ2n) is 4.61. The third-order valence-electron chi connectivity index (χ3n) is 2.51. The van der Waals surface area contributed by atoms with Crippen molar-refractivity contribution in [3.8, 4) is 0 Å². The number of anilines is 1. The van der Waals surface area contributed by atoms with Gasteiger partial charge in [-0.3, -0.25) is 0 Å². The molecule has 0 aliphatic rings. The Kier molecular flexibility index (Phi) is 5.93. The quantitative estimate of drug-likeness (QED) is 0.662. The van der Waals surface area contributed by atoms with Gasteiger partial charge in [0.25, 0.3) is 0 Å². The summed E-state index contributed by atoms with van der Waals surface area (Å²) >= 11 is 0. The summed E-state index contributed by atoms with van der Waals surface area (Å²) in [5.41, 5.74) is 0.502. The number of rotatable bonds is 6. The Morgan fingerprint density at radius 3 is 2.35 bits per heavy atom. The summed E-state index contributed by atoms with van der Waals surface area (Å²) in [6, 6.07) is 5.33. The Bertz CT molecular complexity index is 540. The lowest BCUT2D eigenvalue weighted by molar-refractivity contribution is 0.251. The Morgan fingerprint density at radius 2 is 1.85 bits per heavy atom. The molecule has 0 aliphatic carbocycles. The lowest BCUT2D eigenvalue weighted by atomic mass is 10.3. The van der Waals surface area contributed by atoms with E-state index in [1.807, 2.05) is 19.0 Å². The fraction of sp³-hybridized carbons (Fsp3) is 0.417. The van der Waals surface area contributed by atoms with Gasteiger partial charge in [-0.05, 0) is 51.3 Å². The molecule has 1 aromatic carbocycles. The van der Waals surface area contributed by atoms with Crippen molar-refractivity contribution in [2.75, 3.05) is 32.5 Å². The topological polar surface area (TPSA) is 105 Å². The second-order valence-corrected chi connectivity index (χ2v) is 6.17. The van der Waals surface area contributed by atoms with Crippen LogP contribution < -0.4 is 15.8 Å². The summed E-state index contributed by atoms with van der Waals surface area (Å²) in [4.78, 5) is 13.6. The summed E-state index contributed by atoms with van der Waals surface area (Å²) in [6.45, 7) is 1.46. The number of primary sulfonamides is 1. The van der Waals surface area contributed by atoms with Crippen LogP contribution in [0.3, 0.4) is 0 Å². The number of hydrogen-bond donors (Lipinski definition) is 3. The molecule has 1 rings (SSSR count). The van der Waals surface area contributed by atoms with Crippen LogP contribution in [0.15, 0.2) is 29.2 Å². The van der Waals surface area contributed by atoms with Crippen LogP contribution in [-0.4, -0.2) is 46.5 Å². The molecule has 0 saturated carbocycles. The van der Waals surface area contributed by atoms with Gasteiger partial charge in [-0.1, -0.05) is 0 Å². The standard InChI is InChI=1S/C12H20N4O3S/c1-16(2)9-3-8-14-12(17)15-10-4-6-11(7-5-10)20(13,18)19/h4-7H,3,8-9H2,1-2H3,(H2,13,18,19)(H2,14,15,17). The maximum Gasteiger partial charge on any atom is 0.319 e. The lowest BCUT2D eigenvalue weighted by Gasteiger charge is -2.10. The van der Waals surface area contributed by atoms with Crippen molar-refractivity contribution < 1.29 is 13.2 Å². The molecule has 112 valence electrons. The number of sulfonamides is 1. The molecule has 0 fully saturated rings. The van der Waals surface area contributed by atoms with Crippen LogP contribution in [-0.2, 0) is 10.0 Å². The van der Waals surface area contributed by atoms with Crippen LogP contribution in [0.1, 0.15) is 6.42 Å². The molecule has 4 N–H and O–H groups in total. The Morgan fingerprint density at radius 1 is 1.25 bits per heavy atom. The van der Waals surface area contributed by atoms with E-state index < -0.39 is 10.0 Å². The van der Waals surface area contributed by atoms with E-state index >= 15 is 0 Å². The predicted octanol–water partition coefficient (Wildman–Crippen LogP) is 0.407. The largest absolute Gasteiger partial charge is 0.338 e. The van der Waals surface area contributed by atoms with Crippen molar-refractivity contribution in [1.29, 1.82) is 0 Å². The molecule has 7 nitrogen and oxygen atoms in total. The number of nitrogens with zero attached hydrogens (tertiary/aromatic N) is 1. The van der Waals surface area contributed by atoms with Gasteiger partial charge in [-0.25, -0.2) is 18.4 Å². The number of hydrogen-bond acceptors (Lipinski definition) is 4. The predicted molar refractivity (Wildman–Crippen MR) is 78.0 cm³/mol. The molecule has 0 aromatic heterocycles. The average Bonchev–Trinajstić information content (AvgIpc) is 2.34. The first-order valence-electron chi connectivity index (χ1n) is 6.11. The Hall–Kier alpha value is -1.64. The highest BCUT2D eigenvalue weighted by Gasteiger charge is 2.07. The van der Waals surface area contributed by atoms with Crippen LogP contribution in [0.25, 0.3) is 0 Å². The molecule has 8 heteroatoms. The number of carbonyl (C=O) groups excluding carboxylic acids is 1. The van der Waals surface area contributed by atoms with Crippen LogP contribution in [0, 0.1) is 0 Å². The number of amides is 2. The molecular weight excluding hydrogens is 280 g/mol. The molecule has 0 saturated heterocycles. The zero-order chi connectivity index (χ0) is 15.2. The smallest absolute Gasteiger partial charge is 0.319 e. The van der Waals surface area contributed by atoms with Gasteiger partial charge in [-0.2, -0.15) is 0 Å². The van der Waals surface area contributed by atoms with Gasteiger partial charge in [0.05, 0.1) is 4.90 Å². The number of benzene rings is 1. The lowest BCUT2D eigenvalue weighted by Crippen LogP contribution is -2.31. The zero-order valence-electron chi connectivity index (χ0n) is 11.6. The normalized spacial score (nSPS) is 11.4. The van der Waals surface area contributed by atoms with Crippen molar-refractivity contribution in [3.63, 3.8) is 0 Å². The SMILES string of the molecule is CN(C)CCCNC(=O)Nc1ccc(S(N)(=O)=O)cc1. The molecule has 0 heterocycles. The molecule has 0 aliphatic heterocycles. The summed E-state index contributed by atoms with van der Waals surface area (Å²) in [5, 5.41) is 10.3. The van der Waals surface area contributed by atoms with Crippen LogP contribution in [0.4, 0.5) is 10.5 Å². The van der Waals surface area contributed by atoms with Crippen LogP contribution >= 0.6 is 0 Å². The van der Waals surface area contributed by atoms with E-state index in [2.05, 4.69) is 10.6 Å². The Labute approximate surface area is 119 Å². The maximum atomic E-state index is 11.6. The summed E-state index contributed by atoms with van der Waals surface area (Å²) in [7, 11) is 0.224. The minimum absolute atomic E-state index is 0.00874. The molecule has 0 radical (unpaired) electrons. The summed E-state index contributed by atoms with van der Waals surface area (Å²) < 4.78 is 22.1. The third-order valence-corrected chi connectivity index (χ3v) is 3.44. The summed E-state index contributed by atoms with van der Waals surface area (Å²) in [6.07, 6.45) is 0.852. The van der Waals surface area contributed by atoms with E-state index in [0.717, 1.165) is 13.0 Å². The van der Waals surface area contributed by atoms with E-state index in [-0.39, 0.29) is 10.9 Å². The van der Waals surface area contributed by atoms with Gasteiger partial charge >= 0.3 is 6.03 Å². The molecule has 0 spiro atoms. The van der Waals surface area contributed by atoms with Crippen LogP contribution in [0.5, 0.6) is 0 Å². The number of carbonyl (C=O) groups is 1. The number of urea groups is 1. The zero-order valence-corrected chi connectivity index (χ0v) is 12.4. The highest BCUT2D eigenvalue weighted by atomic mass is 32.2. The highest BCUT2D eigenvalue weighted by Crippen LogP contribution is 2.12. The van der Waals surface area contributed by atoms with Crippen molar-refractivity contribution >= 4 is 21.7 Å². The van der Waals surface area contributed by atoms with Gasteiger partial charge in [0.2, 0.25) is 10.0 Å². The first kappa shape index (κ1) is 16.4. The van der Waals surface area contributed by atoms with Gasteiger partial charge < -0.3 is 15.5 Å². The summed E-state index contributed by atoms with van der Waals surface area (Å²) in [5.74, 6) is 0. The van der Waals surface area contributed by atoms with Gasteiger partial charge in [0.1, 0.15) is 0 Å². The molecule has 0 bridgehead atoms. The average molecular weight is 300 g/mol. The van der Waals surface area contributed by atoms with E-state index in [1.54, 1.807) is 0 Å². The van der Waals surface area contributed by atoms with E-state index in [1.165, 1.54) is 24.3 Å². The van der Waals surface area contributed by atoms with Crippen molar-refractivity contribution in [1.82, 2.24) is 10.2 Å². The van der Waals surface area contributed by atoms with Crippen LogP contribution in [0.2, 0.25) is 0 Å². The number of nitrogens with one attached hydrogen (secondary N) is 2. The molecule has 1 aromatic rings. The third kappa shape index (κ3) is 6.00. The number of nitrogens with two attached hydrogens (primary N) is 1. The monoisotopic (exact) mass is 300 g/mol. The highest BCUT2D eigenvalue weighted by molar-refractivity contribution is 7.89. The molecule has 20 heavy (non-hydrogen) atoms. The minimum atomic E-state index is -3.71. The fourth-order valence-corrected chi connectivity index (χ4v) is 2.02.